The highest BCUT2D eigenvalue weighted by molar-refractivity contribution is 7.91. The van der Waals surface area contributed by atoms with E-state index in [1.165, 1.54) is 26.4 Å². The number of nitrogens with zero attached hydrogens (tertiary/aromatic N) is 1. The van der Waals surface area contributed by atoms with Crippen molar-refractivity contribution in [2.24, 2.45) is 5.92 Å². The van der Waals surface area contributed by atoms with Crippen LogP contribution in [0.5, 0.6) is 0 Å². The first-order valence-electron chi connectivity index (χ1n) is 6.04. The quantitative estimate of drug-likeness (QED) is 0.672. The van der Waals surface area contributed by atoms with Crippen LogP contribution in [-0.2, 0) is 19.4 Å². The number of sulfone groups is 1. The lowest BCUT2D eigenvalue weighted by Crippen LogP contribution is -2.54. The molecule has 0 bridgehead atoms. The number of carbonyl (C=O) groups is 1. The summed E-state index contributed by atoms with van der Waals surface area (Å²) in [5, 5.41) is 0. The third-order valence-corrected chi connectivity index (χ3v) is 5.36. The molecule has 0 aromatic heterocycles. The topological polar surface area (TPSA) is 63.7 Å². The molecule has 1 aliphatic carbocycles. The molecule has 0 amide bonds. The normalized spacial score (nSPS) is 29.6. The zero-order chi connectivity index (χ0) is 12.5. The van der Waals surface area contributed by atoms with Crippen molar-refractivity contribution in [1.29, 1.82) is 0 Å². The molecule has 0 spiro atoms. The lowest BCUT2D eigenvalue weighted by molar-refractivity contribution is -0.146. The van der Waals surface area contributed by atoms with Gasteiger partial charge in [-0.3, -0.25) is 9.69 Å². The van der Waals surface area contributed by atoms with Gasteiger partial charge in [0.1, 0.15) is 6.04 Å². The van der Waals surface area contributed by atoms with Gasteiger partial charge in [-0.1, -0.05) is 6.42 Å². The Kier molecular flexibility index (Phi) is 3.73. The zero-order valence-electron chi connectivity index (χ0n) is 10.1. The highest BCUT2D eigenvalue weighted by Gasteiger charge is 2.38. The average molecular weight is 261 g/mol. The second-order valence-corrected chi connectivity index (χ2v) is 7.17. The minimum atomic E-state index is -3.09. The summed E-state index contributed by atoms with van der Waals surface area (Å²) in [5.41, 5.74) is 0. The molecule has 6 heteroatoms. The Hall–Kier alpha value is -0.620. The predicted octanol–water partition coefficient (Wildman–Crippen LogP) is 0.0585. The van der Waals surface area contributed by atoms with E-state index in [-0.39, 0.29) is 11.5 Å². The molecular formula is C11H19NO4S. The van der Waals surface area contributed by atoms with Crippen molar-refractivity contribution < 1.29 is 17.9 Å². The summed E-state index contributed by atoms with van der Waals surface area (Å²) in [4.78, 5) is 13.6. The van der Waals surface area contributed by atoms with Crippen molar-refractivity contribution in [3.05, 3.63) is 0 Å². The van der Waals surface area contributed by atoms with Crippen LogP contribution < -0.4 is 0 Å². The summed E-state index contributed by atoms with van der Waals surface area (Å²) in [7, 11) is -1.78. The maximum atomic E-state index is 11.6. The van der Waals surface area contributed by atoms with Crippen molar-refractivity contribution in [3.63, 3.8) is 0 Å². The molecular weight excluding hydrogens is 242 g/mol. The van der Waals surface area contributed by atoms with E-state index in [0.717, 1.165) is 6.54 Å². The molecule has 0 aromatic carbocycles. The van der Waals surface area contributed by atoms with Crippen molar-refractivity contribution in [2.75, 3.05) is 31.7 Å². The molecule has 1 unspecified atom stereocenters. The van der Waals surface area contributed by atoms with Gasteiger partial charge in [-0.25, -0.2) is 8.42 Å². The van der Waals surface area contributed by atoms with E-state index in [4.69, 9.17) is 4.74 Å². The summed E-state index contributed by atoms with van der Waals surface area (Å²) in [5.74, 6) is 0.273. The Labute approximate surface area is 102 Å². The van der Waals surface area contributed by atoms with Crippen LogP contribution in [0.25, 0.3) is 0 Å². The number of rotatable bonds is 3. The van der Waals surface area contributed by atoms with E-state index in [9.17, 15) is 13.2 Å². The van der Waals surface area contributed by atoms with Crippen molar-refractivity contribution in [3.8, 4) is 0 Å². The fourth-order valence-corrected chi connectivity index (χ4v) is 3.93. The average Bonchev–Trinajstić information content (AvgIpc) is 2.23. The zero-order valence-corrected chi connectivity index (χ0v) is 10.9. The Morgan fingerprint density at radius 3 is 2.65 bits per heavy atom. The van der Waals surface area contributed by atoms with E-state index in [1.54, 1.807) is 0 Å². The van der Waals surface area contributed by atoms with E-state index in [0.29, 0.717) is 12.5 Å². The van der Waals surface area contributed by atoms with Crippen LogP contribution in [0.3, 0.4) is 0 Å². The van der Waals surface area contributed by atoms with E-state index in [2.05, 4.69) is 0 Å². The molecule has 0 N–H and O–H groups in total. The van der Waals surface area contributed by atoms with Crippen LogP contribution in [0.4, 0.5) is 0 Å². The summed E-state index contributed by atoms with van der Waals surface area (Å²) in [6, 6.07) is -0.598. The van der Waals surface area contributed by atoms with Gasteiger partial charge in [0.25, 0.3) is 0 Å². The minimum absolute atomic E-state index is 0.0909. The minimum Gasteiger partial charge on any atom is -0.468 e. The number of esters is 1. The molecule has 17 heavy (non-hydrogen) atoms. The van der Waals surface area contributed by atoms with Crippen LogP contribution in [0.2, 0.25) is 0 Å². The van der Waals surface area contributed by atoms with Gasteiger partial charge in [-0.05, 0) is 18.8 Å². The van der Waals surface area contributed by atoms with Gasteiger partial charge in [0.05, 0.1) is 18.6 Å². The van der Waals surface area contributed by atoms with Gasteiger partial charge in [-0.15, -0.1) is 0 Å². The Balaban J connectivity index is 2.04. The van der Waals surface area contributed by atoms with Gasteiger partial charge >= 0.3 is 5.97 Å². The van der Waals surface area contributed by atoms with Crippen LogP contribution in [0.1, 0.15) is 19.3 Å². The number of carbonyl (C=O) groups excluding carboxylic acids is 1. The molecule has 0 aromatic rings. The number of hydrogen-bond donors (Lipinski definition) is 0. The SMILES string of the molecule is COC(=O)C1CS(=O)(=O)CCN1CC1CCC1. The molecule has 5 nitrogen and oxygen atoms in total. The molecule has 0 radical (unpaired) electrons. The van der Waals surface area contributed by atoms with Crippen molar-refractivity contribution >= 4 is 15.8 Å². The Morgan fingerprint density at radius 2 is 2.12 bits per heavy atom. The van der Waals surface area contributed by atoms with Gasteiger partial charge < -0.3 is 4.74 Å². The van der Waals surface area contributed by atoms with Crippen LogP contribution in [0.15, 0.2) is 0 Å². The molecule has 1 atom stereocenters. The van der Waals surface area contributed by atoms with Crippen LogP contribution in [-0.4, -0.2) is 57.0 Å². The fourth-order valence-electron chi connectivity index (χ4n) is 2.42. The highest BCUT2D eigenvalue weighted by atomic mass is 32.2. The predicted molar refractivity (Wildman–Crippen MR) is 63.4 cm³/mol. The summed E-state index contributed by atoms with van der Waals surface area (Å²) >= 11 is 0. The van der Waals surface area contributed by atoms with Crippen LogP contribution in [0, 0.1) is 5.92 Å². The summed E-state index contributed by atoms with van der Waals surface area (Å²) in [6.07, 6.45) is 3.63. The lowest BCUT2D eigenvalue weighted by atomic mass is 9.85. The van der Waals surface area contributed by atoms with Crippen LogP contribution >= 0.6 is 0 Å². The first-order chi connectivity index (χ1) is 8.02. The Morgan fingerprint density at radius 1 is 1.41 bits per heavy atom. The molecule has 1 heterocycles. The summed E-state index contributed by atoms with van der Waals surface area (Å²) in [6.45, 7) is 1.29. The molecule has 1 aliphatic heterocycles. The standard InChI is InChI=1S/C11H19NO4S/c1-16-11(13)10-8-17(14,15)6-5-12(10)7-9-3-2-4-9/h9-10H,2-8H2,1H3. The van der Waals surface area contributed by atoms with Gasteiger partial charge in [-0.2, -0.15) is 0 Å². The lowest BCUT2D eigenvalue weighted by Gasteiger charge is -2.38. The maximum Gasteiger partial charge on any atom is 0.324 e. The molecule has 2 fully saturated rings. The third-order valence-electron chi connectivity index (χ3n) is 3.73. The number of ether oxygens (including phenoxy) is 1. The van der Waals surface area contributed by atoms with E-state index >= 15 is 0 Å². The second kappa shape index (κ2) is 4.94. The largest absolute Gasteiger partial charge is 0.468 e. The Bertz CT molecular complexity index is 388. The number of hydrogen-bond acceptors (Lipinski definition) is 5. The monoisotopic (exact) mass is 261 g/mol. The first kappa shape index (κ1) is 12.8. The molecule has 2 rings (SSSR count). The maximum absolute atomic E-state index is 11.6. The fraction of sp³-hybridized carbons (Fsp3) is 0.909. The smallest absolute Gasteiger partial charge is 0.324 e. The summed E-state index contributed by atoms with van der Waals surface area (Å²) < 4.78 is 27.8. The van der Waals surface area contributed by atoms with Crippen molar-refractivity contribution in [2.45, 2.75) is 25.3 Å². The molecule has 1 saturated heterocycles. The van der Waals surface area contributed by atoms with Gasteiger partial charge in [0, 0.05) is 13.1 Å². The first-order valence-corrected chi connectivity index (χ1v) is 7.86. The second-order valence-electron chi connectivity index (χ2n) is 4.95. The third kappa shape index (κ3) is 2.98. The molecule has 98 valence electrons. The molecule has 1 saturated carbocycles. The van der Waals surface area contributed by atoms with Gasteiger partial charge in [0.2, 0.25) is 0 Å². The van der Waals surface area contributed by atoms with E-state index in [1.807, 2.05) is 4.90 Å². The van der Waals surface area contributed by atoms with Gasteiger partial charge in [0.15, 0.2) is 9.84 Å². The number of methoxy groups -OCH3 is 1. The molecule has 2 aliphatic rings. The van der Waals surface area contributed by atoms with Crippen molar-refractivity contribution in [1.82, 2.24) is 4.90 Å². The van der Waals surface area contributed by atoms with E-state index < -0.39 is 21.8 Å². The highest BCUT2D eigenvalue weighted by Crippen LogP contribution is 2.28.